The Morgan fingerprint density at radius 1 is 1.21 bits per heavy atom. The molecule has 0 saturated carbocycles. The molecular formula is C17H15BrN4O2. The zero-order valence-electron chi connectivity index (χ0n) is 13.0. The Labute approximate surface area is 146 Å². The largest absolute Gasteiger partial charge is 0.347 e. The van der Waals surface area contributed by atoms with Crippen LogP contribution in [0.2, 0.25) is 0 Å². The lowest BCUT2D eigenvalue weighted by Crippen LogP contribution is -2.26. The predicted molar refractivity (Wildman–Crippen MR) is 93.0 cm³/mol. The molecule has 2 heterocycles. The van der Waals surface area contributed by atoms with Crippen molar-refractivity contribution in [1.29, 1.82) is 0 Å². The van der Waals surface area contributed by atoms with Gasteiger partial charge in [-0.1, -0.05) is 30.3 Å². The number of rotatable bonds is 5. The summed E-state index contributed by atoms with van der Waals surface area (Å²) in [6, 6.07) is 9.91. The van der Waals surface area contributed by atoms with Crippen molar-refractivity contribution in [1.82, 2.24) is 19.3 Å². The van der Waals surface area contributed by atoms with Gasteiger partial charge in [0.05, 0.1) is 29.3 Å². The smallest absolute Gasteiger partial charge is 0.292 e. The molecule has 0 aliphatic rings. The van der Waals surface area contributed by atoms with E-state index < -0.39 is 5.69 Å². The standard InChI is InChI=1S/C17H15BrN4O2/c1-12-15(8-20-22(12)9-13-5-3-2-4-6-13)16(23)11-21-10-14(18)7-19-17(21)24/h2-8,10H,9,11H2,1H3. The molecule has 0 aliphatic carbocycles. The van der Waals surface area contributed by atoms with E-state index in [0.717, 1.165) is 11.3 Å². The molecule has 0 N–H and O–H groups in total. The number of carbonyl (C=O) groups is 1. The molecule has 2 aromatic heterocycles. The first-order valence-electron chi connectivity index (χ1n) is 7.36. The summed E-state index contributed by atoms with van der Waals surface area (Å²) >= 11 is 3.25. The molecule has 24 heavy (non-hydrogen) atoms. The minimum Gasteiger partial charge on any atom is -0.292 e. The quantitative estimate of drug-likeness (QED) is 0.631. The molecule has 0 saturated heterocycles. The van der Waals surface area contributed by atoms with Crippen LogP contribution in [0.1, 0.15) is 21.6 Å². The normalized spacial score (nSPS) is 10.8. The molecule has 0 atom stereocenters. The van der Waals surface area contributed by atoms with Crippen LogP contribution in [0.25, 0.3) is 0 Å². The van der Waals surface area contributed by atoms with E-state index in [1.165, 1.54) is 10.8 Å². The van der Waals surface area contributed by atoms with Gasteiger partial charge in [-0.3, -0.25) is 14.0 Å². The molecule has 0 unspecified atom stereocenters. The summed E-state index contributed by atoms with van der Waals surface area (Å²) in [7, 11) is 0. The van der Waals surface area contributed by atoms with E-state index in [1.54, 1.807) is 17.1 Å². The predicted octanol–water partition coefficient (Wildman–Crippen LogP) is 2.44. The van der Waals surface area contributed by atoms with Crippen molar-refractivity contribution in [2.45, 2.75) is 20.0 Å². The maximum absolute atomic E-state index is 12.5. The summed E-state index contributed by atoms with van der Waals surface area (Å²) in [5.41, 5.74) is 1.94. The Morgan fingerprint density at radius 3 is 2.71 bits per heavy atom. The average Bonchev–Trinajstić information content (AvgIpc) is 2.93. The number of hydrogen-bond acceptors (Lipinski definition) is 4. The zero-order valence-corrected chi connectivity index (χ0v) is 14.6. The molecule has 122 valence electrons. The number of halogens is 1. The Hall–Kier alpha value is -2.54. The maximum Gasteiger partial charge on any atom is 0.347 e. The monoisotopic (exact) mass is 386 g/mol. The molecular weight excluding hydrogens is 372 g/mol. The van der Waals surface area contributed by atoms with Gasteiger partial charge in [0.1, 0.15) is 0 Å². The molecule has 3 rings (SSSR count). The van der Waals surface area contributed by atoms with Crippen molar-refractivity contribution < 1.29 is 4.79 Å². The summed E-state index contributed by atoms with van der Waals surface area (Å²) in [6.45, 7) is 2.38. The molecule has 3 aromatic rings. The average molecular weight is 387 g/mol. The Bertz CT molecular complexity index is 931. The molecule has 1 aromatic carbocycles. The van der Waals surface area contributed by atoms with E-state index in [1.807, 2.05) is 37.3 Å². The van der Waals surface area contributed by atoms with Crippen LogP contribution in [0.15, 0.2) is 58.2 Å². The van der Waals surface area contributed by atoms with E-state index in [4.69, 9.17) is 0 Å². The van der Waals surface area contributed by atoms with Crippen LogP contribution in [0.5, 0.6) is 0 Å². The summed E-state index contributed by atoms with van der Waals surface area (Å²) in [6.07, 6.45) is 4.51. The lowest BCUT2D eigenvalue weighted by atomic mass is 10.1. The van der Waals surface area contributed by atoms with E-state index in [-0.39, 0.29) is 12.3 Å². The highest BCUT2D eigenvalue weighted by Gasteiger charge is 2.15. The van der Waals surface area contributed by atoms with Crippen molar-refractivity contribution in [3.05, 3.63) is 80.7 Å². The first kappa shape index (κ1) is 16.3. The highest BCUT2D eigenvalue weighted by Crippen LogP contribution is 2.12. The van der Waals surface area contributed by atoms with Crippen molar-refractivity contribution in [2.75, 3.05) is 0 Å². The van der Waals surface area contributed by atoms with Gasteiger partial charge in [0.2, 0.25) is 0 Å². The van der Waals surface area contributed by atoms with E-state index in [9.17, 15) is 9.59 Å². The van der Waals surface area contributed by atoms with Gasteiger partial charge < -0.3 is 0 Å². The third-order valence-corrected chi connectivity index (χ3v) is 4.13. The van der Waals surface area contributed by atoms with Gasteiger partial charge in [-0.05, 0) is 28.4 Å². The third kappa shape index (κ3) is 3.51. The fraction of sp³-hybridized carbons (Fsp3) is 0.176. The summed E-state index contributed by atoms with van der Waals surface area (Å²) in [5, 5.41) is 4.30. The summed E-state index contributed by atoms with van der Waals surface area (Å²) in [5.74, 6) is -0.172. The van der Waals surface area contributed by atoms with E-state index >= 15 is 0 Å². The van der Waals surface area contributed by atoms with Crippen molar-refractivity contribution in [3.63, 3.8) is 0 Å². The lowest BCUT2D eigenvalue weighted by molar-refractivity contribution is 0.0969. The van der Waals surface area contributed by atoms with Crippen LogP contribution < -0.4 is 5.69 Å². The molecule has 0 amide bonds. The minimum atomic E-state index is -0.458. The van der Waals surface area contributed by atoms with E-state index in [2.05, 4.69) is 26.0 Å². The summed E-state index contributed by atoms with van der Waals surface area (Å²) < 4.78 is 3.71. The van der Waals surface area contributed by atoms with Crippen LogP contribution >= 0.6 is 15.9 Å². The van der Waals surface area contributed by atoms with E-state index in [0.29, 0.717) is 16.6 Å². The van der Waals surface area contributed by atoms with Gasteiger partial charge in [0.15, 0.2) is 5.78 Å². The van der Waals surface area contributed by atoms with Crippen LogP contribution in [0.3, 0.4) is 0 Å². The SMILES string of the molecule is Cc1c(C(=O)Cn2cc(Br)cnc2=O)cnn1Cc1ccccc1. The molecule has 0 aliphatic heterocycles. The van der Waals surface area contributed by atoms with Gasteiger partial charge >= 0.3 is 5.69 Å². The molecule has 7 heteroatoms. The fourth-order valence-electron chi connectivity index (χ4n) is 2.42. The van der Waals surface area contributed by atoms with Gasteiger partial charge in [-0.2, -0.15) is 5.10 Å². The van der Waals surface area contributed by atoms with Crippen molar-refractivity contribution in [2.24, 2.45) is 0 Å². The van der Waals surface area contributed by atoms with Crippen LogP contribution in [-0.2, 0) is 13.1 Å². The van der Waals surface area contributed by atoms with Gasteiger partial charge in [0.25, 0.3) is 0 Å². The molecule has 0 bridgehead atoms. The van der Waals surface area contributed by atoms with Crippen molar-refractivity contribution in [3.8, 4) is 0 Å². The third-order valence-electron chi connectivity index (χ3n) is 3.72. The first-order chi connectivity index (χ1) is 11.5. The van der Waals surface area contributed by atoms with Crippen LogP contribution in [0, 0.1) is 6.92 Å². The minimum absolute atomic E-state index is 0.0663. The number of ketones is 1. The number of nitrogens with zero attached hydrogens (tertiary/aromatic N) is 4. The van der Waals surface area contributed by atoms with Gasteiger partial charge in [0, 0.05) is 18.1 Å². The highest BCUT2D eigenvalue weighted by atomic mass is 79.9. The maximum atomic E-state index is 12.5. The van der Waals surface area contributed by atoms with Gasteiger partial charge in [-0.25, -0.2) is 9.78 Å². The lowest BCUT2D eigenvalue weighted by Gasteiger charge is -2.06. The second-order valence-electron chi connectivity index (χ2n) is 5.39. The second-order valence-corrected chi connectivity index (χ2v) is 6.31. The Kier molecular flexibility index (Phi) is 4.71. The zero-order chi connectivity index (χ0) is 17.1. The first-order valence-corrected chi connectivity index (χ1v) is 8.15. The Morgan fingerprint density at radius 2 is 1.96 bits per heavy atom. The number of carbonyl (C=O) groups excluding carboxylic acids is 1. The number of Topliss-reactive ketones (excluding diaryl/α,β-unsaturated/α-hetero) is 1. The van der Waals surface area contributed by atoms with Crippen LogP contribution in [-0.4, -0.2) is 25.1 Å². The molecule has 6 nitrogen and oxygen atoms in total. The molecule has 0 fully saturated rings. The Balaban J connectivity index is 1.81. The van der Waals surface area contributed by atoms with Crippen molar-refractivity contribution >= 4 is 21.7 Å². The van der Waals surface area contributed by atoms with Crippen LogP contribution in [0.4, 0.5) is 0 Å². The number of benzene rings is 1. The number of aromatic nitrogens is 4. The topological polar surface area (TPSA) is 69.8 Å². The number of hydrogen-bond donors (Lipinski definition) is 0. The fourth-order valence-corrected chi connectivity index (χ4v) is 2.77. The summed E-state index contributed by atoms with van der Waals surface area (Å²) in [4.78, 5) is 27.9. The highest BCUT2D eigenvalue weighted by molar-refractivity contribution is 9.10. The van der Waals surface area contributed by atoms with Gasteiger partial charge in [-0.15, -0.1) is 0 Å². The molecule has 0 radical (unpaired) electrons. The molecule has 0 spiro atoms. The second kappa shape index (κ2) is 6.92.